The van der Waals surface area contributed by atoms with Crippen LogP contribution in [0.15, 0.2) is 182 Å². The third-order valence-corrected chi connectivity index (χ3v) is 11.7. The molecule has 0 amide bonds. The number of hydrogen-bond acceptors (Lipinski definition) is 1. The van der Waals surface area contributed by atoms with Crippen molar-refractivity contribution in [1.29, 1.82) is 0 Å². The van der Waals surface area contributed by atoms with Crippen molar-refractivity contribution in [3.8, 4) is 33.6 Å². The fraction of sp³-hybridized carbons (Fsp3) is 0. The molecule has 0 aliphatic heterocycles. The predicted molar refractivity (Wildman–Crippen MR) is 219 cm³/mol. The van der Waals surface area contributed by atoms with Crippen molar-refractivity contribution in [3.63, 3.8) is 0 Å². The molecule has 8 aromatic carbocycles. The first-order chi connectivity index (χ1) is 25.3. The van der Waals surface area contributed by atoms with Gasteiger partial charge in [-0.15, -0.1) is 11.3 Å². The second-order valence-corrected chi connectivity index (χ2v) is 14.4. The number of fused-ring (bicyclic) bond motifs is 9. The van der Waals surface area contributed by atoms with Crippen LogP contribution in [-0.2, 0) is 0 Å². The Labute approximate surface area is 298 Å². The van der Waals surface area contributed by atoms with E-state index in [2.05, 4.69) is 191 Å². The van der Waals surface area contributed by atoms with E-state index in [0.717, 1.165) is 5.69 Å². The monoisotopic (exact) mass is 666 g/mol. The smallest absolute Gasteiger partial charge is 0.0633 e. The molecule has 3 aromatic heterocycles. The van der Waals surface area contributed by atoms with Crippen LogP contribution in [0, 0.1) is 0 Å². The highest BCUT2D eigenvalue weighted by Gasteiger charge is 2.23. The van der Waals surface area contributed by atoms with E-state index < -0.39 is 0 Å². The van der Waals surface area contributed by atoms with E-state index in [-0.39, 0.29) is 0 Å². The maximum absolute atomic E-state index is 2.56. The average molecular weight is 667 g/mol. The minimum Gasteiger partial charge on any atom is -0.309 e. The van der Waals surface area contributed by atoms with Gasteiger partial charge in [0.25, 0.3) is 0 Å². The van der Waals surface area contributed by atoms with Crippen LogP contribution in [0.4, 0.5) is 0 Å². The number of nitrogens with zero attached hydrogens (tertiary/aromatic N) is 2. The van der Waals surface area contributed by atoms with E-state index in [0.29, 0.717) is 0 Å². The highest BCUT2D eigenvalue weighted by Crippen LogP contribution is 2.47. The molecule has 2 nitrogen and oxygen atoms in total. The van der Waals surface area contributed by atoms with Gasteiger partial charge in [-0.05, 0) is 59.2 Å². The van der Waals surface area contributed by atoms with E-state index in [1.165, 1.54) is 91.7 Å². The standard InChI is InChI=1S/C48H30N2S/c1-2-14-31(15-3-1)33-16-4-5-17-34(33)39-28-29-46-47(40-21-9-13-25-45(40)51-46)48(39)50-43-24-12-8-20-37(43)38-27-26-32(30-44(38)50)49-41-22-10-6-18-35(41)36-19-7-11-23-42(36)49/h1-30H. The van der Waals surface area contributed by atoms with Gasteiger partial charge in [-0.2, -0.15) is 0 Å². The number of para-hydroxylation sites is 3. The summed E-state index contributed by atoms with van der Waals surface area (Å²) < 4.78 is 7.57. The van der Waals surface area contributed by atoms with Crippen molar-refractivity contribution in [1.82, 2.24) is 9.13 Å². The van der Waals surface area contributed by atoms with E-state index in [4.69, 9.17) is 0 Å². The van der Waals surface area contributed by atoms with Crippen molar-refractivity contribution in [2.45, 2.75) is 0 Å². The highest BCUT2D eigenvalue weighted by atomic mass is 32.1. The molecule has 0 atom stereocenters. The summed E-state index contributed by atoms with van der Waals surface area (Å²) in [6.07, 6.45) is 0. The molecular formula is C48H30N2S. The van der Waals surface area contributed by atoms with Crippen molar-refractivity contribution in [2.24, 2.45) is 0 Å². The molecule has 11 rings (SSSR count). The van der Waals surface area contributed by atoms with Gasteiger partial charge in [0.1, 0.15) is 0 Å². The van der Waals surface area contributed by atoms with E-state index in [1.807, 2.05) is 11.3 Å². The number of rotatable bonds is 4. The largest absolute Gasteiger partial charge is 0.309 e. The van der Waals surface area contributed by atoms with Gasteiger partial charge in [-0.25, -0.2) is 0 Å². The third kappa shape index (κ3) is 4.16. The lowest BCUT2D eigenvalue weighted by Gasteiger charge is -2.19. The first-order valence-electron chi connectivity index (χ1n) is 17.4. The number of benzene rings is 8. The Balaban J connectivity index is 1.31. The fourth-order valence-corrected chi connectivity index (χ4v) is 9.48. The number of thiophene rings is 1. The van der Waals surface area contributed by atoms with Gasteiger partial charge in [-0.3, -0.25) is 0 Å². The zero-order chi connectivity index (χ0) is 33.5. The zero-order valence-electron chi connectivity index (χ0n) is 27.6. The van der Waals surface area contributed by atoms with Gasteiger partial charge < -0.3 is 9.13 Å². The van der Waals surface area contributed by atoms with E-state index >= 15 is 0 Å². The normalized spacial score (nSPS) is 11.9. The summed E-state index contributed by atoms with van der Waals surface area (Å²) in [5.74, 6) is 0. The average Bonchev–Trinajstić information content (AvgIpc) is 3.85. The molecule has 0 fully saturated rings. The summed E-state index contributed by atoms with van der Waals surface area (Å²) in [7, 11) is 0. The molecule has 0 radical (unpaired) electrons. The summed E-state index contributed by atoms with van der Waals surface area (Å²) in [6.45, 7) is 0. The van der Waals surface area contributed by atoms with Crippen molar-refractivity contribution < 1.29 is 0 Å². The van der Waals surface area contributed by atoms with Crippen molar-refractivity contribution in [2.75, 3.05) is 0 Å². The molecule has 238 valence electrons. The molecule has 0 saturated heterocycles. The van der Waals surface area contributed by atoms with Crippen LogP contribution in [0.3, 0.4) is 0 Å². The van der Waals surface area contributed by atoms with Crippen LogP contribution >= 0.6 is 11.3 Å². The van der Waals surface area contributed by atoms with Crippen LogP contribution in [0.5, 0.6) is 0 Å². The molecule has 3 heterocycles. The SMILES string of the molecule is c1ccc(-c2ccccc2-c2ccc3sc4ccccc4c3c2-n2c3ccccc3c3ccc(-n4c5ccccc5c5ccccc54)cc32)cc1. The van der Waals surface area contributed by atoms with Gasteiger partial charge in [0.15, 0.2) is 0 Å². The summed E-state index contributed by atoms with van der Waals surface area (Å²) in [5, 5.41) is 7.61. The number of aromatic nitrogens is 2. The maximum Gasteiger partial charge on any atom is 0.0633 e. The van der Waals surface area contributed by atoms with Crippen LogP contribution in [0.1, 0.15) is 0 Å². The summed E-state index contributed by atoms with van der Waals surface area (Å²) >= 11 is 1.87. The molecule has 0 bridgehead atoms. The Kier molecular flexibility index (Phi) is 6.16. The first-order valence-corrected chi connectivity index (χ1v) is 18.3. The molecule has 0 unspecified atom stereocenters. The second kappa shape index (κ2) is 11.0. The lowest BCUT2D eigenvalue weighted by atomic mass is 9.92. The van der Waals surface area contributed by atoms with Crippen LogP contribution in [-0.4, -0.2) is 9.13 Å². The lowest BCUT2D eigenvalue weighted by Crippen LogP contribution is -2.00. The fourth-order valence-electron chi connectivity index (χ4n) is 8.38. The molecule has 0 aliphatic carbocycles. The predicted octanol–water partition coefficient (Wildman–Crippen LogP) is 13.6. The van der Waals surface area contributed by atoms with Crippen LogP contribution < -0.4 is 0 Å². The van der Waals surface area contributed by atoms with Gasteiger partial charge in [0, 0.05) is 53.0 Å². The van der Waals surface area contributed by atoms with E-state index in [1.54, 1.807) is 0 Å². The molecule has 0 aliphatic rings. The first kappa shape index (κ1) is 28.4. The quantitative estimate of drug-likeness (QED) is 0.177. The van der Waals surface area contributed by atoms with Crippen molar-refractivity contribution >= 4 is 75.1 Å². The van der Waals surface area contributed by atoms with Crippen molar-refractivity contribution in [3.05, 3.63) is 182 Å². The second-order valence-electron chi connectivity index (χ2n) is 13.3. The van der Waals surface area contributed by atoms with Gasteiger partial charge in [-0.1, -0.05) is 140 Å². The Morgan fingerprint density at radius 1 is 0.333 bits per heavy atom. The maximum atomic E-state index is 2.56. The summed E-state index contributed by atoms with van der Waals surface area (Å²) in [6, 6.07) is 66.7. The Morgan fingerprint density at radius 2 is 0.882 bits per heavy atom. The van der Waals surface area contributed by atoms with Gasteiger partial charge in [0.05, 0.1) is 27.8 Å². The molecule has 11 aromatic rings. The molecule has 3 heteroatoms. The molecule has 0 N–H and O–H groups in total. The zero-order valence-corrected chi connectivity index (χ0v) is 28.4. The summed E-state index contributed by atoms with van der Waals surface area (Å²) in [4.78, 5) is 0. The Hall–Kier alpha value is -6.42. The third-order valence-electron chi connectivity index (χ3n) is 10.5. The minimum atomic E-state index is 1.15. The van der Waals surface area contributed by atoms with Gasteiger partial charge >= 0.3 is 0 Å². The Bertz CT molecular complexity index is 3090. The highest BCUT2D eigenvalue weighted by molar-refractivity contribution is 7.25. The molecule has 51 heavy (non-hydrogen) atoms. The van der Waals surface area contributed by atoms with Crippen LogP contribution in [0.25, 0.3) is 97.4 Å². The minimum absolute atomic E-state index is 1.15. The molecular weight excluding hydrogens is 637 g/mol. The molecule has 0 spiro atoms. The van der Waals surface area contributed by atoms with Crippen LogP contribution in [0.2, 0.25) is 0 Å². The summed E-state index contributed by atoms with van der Waals surface area (Å²) in [5.41, 5.74) is 12.1. The topological polar surface area (TPSA) is 9.86 Å². The number of hydrogen-bond donors (Lipinski definition) is 0. The lowest BCUT2D eigenvalue weighted by molar-refractivity contribution is 1.16. The van der Waals surface area contributed by atoms with E-state index in [9.17, 15) is 0 Å². The Morgan fingerprint density at radius 3 is 1.59 bits per heavy atom. The van der Waals surface area contributed by atoms with Gasteiger partial charge in [0.2, 0.25) is 0 Å². The molecule has 0 saturated carbocycles.